The number of carbonyl (C=O) groups excluding carboxylic acids is 1. The van der Waals surface area contributed by atoms with E-state index >= 15 is 0 Å². The van der Waals surface area contributed by atoms with Crippen LogP contribution in [0, 0.1) is 11.6 Å². The van der Waals surface area contributed by atoms with Gasteiger partial charge < -0.3 is 4.74 Å². The van der Waals surface area contributed by atoms with Gasteiger partial charge in [0.25, 0.3) is 0 Å². The Morgan fingerprint density at radius 2 is 1.53 bits per heavy atom. The number of esters is 1. The van der Waals surface area contributed by atoms with Crippen molar-refractivity contribution in [3.63, 3.8) is 0 Å². The Morgan fingerprint density at radius 3 is 2.12 bits per heavy atom. The molecular formula is C24H19F2N3O2S. The first-order valence-electron chi connectivity index (χ1n) is 10.0. The summed E-state index contributed by atoms with van der Waals surface area (Å²) in [6.07, 6.45) is 4.44. The van der Waals surface area contributed by atoms with Gasteiger partial charge in [-0.3, -0.25) is 0 Å². The number of carbonyl (C=O) groups is 1. The Balaban J connectivity index is 1.37. The fourth-order valence-electron chi connectivity index (χ4n) is 3.32. The van der Waals surface area contributed by atoms with E-state index in [2.05, 4.69) is 15.0 Å². The van der Waals surface area contributed by atoms with E-state index in [-0.39, 0.29) is 29.9 Å². The van der Waals surface area contributed by atoms with Gasteiger partial charge in [-0.2, -0.15) is 0 Å². The Morgan fingerprint density at radius 1 is 0.938 bits per heavy atom. The number of nitrogens with zero attached hydrogens (tertiary/aromatic N) is 3. The van der Waals surface area contributed by atoms with E-state index in [4.69, 9.17) is 4.74 Å². The van der Waals surface area contributed by atoms with Crippen molar-refractivity contribution in [2.24, 2.45) is 0 Å². The van der Waals surface area contributed by atoms with Gasteiger partial charge in [0.15, 0.2) is 16.5 Å². The molecule has 0 saturated heterocycles. The van der Waals surface area contributed by atoms with Crippen LogP contribution < -0.4 is 0 Å². The van der Waals surface area contributed by atoms with Gasteiger partial charge >= 0.3 is 5.97 Å². The number of hydrogen-bond donors (Lipinski definition) is 0. The summed E-state index contributed by atoms with van der Waals surface area (Å²) in [4.78, 5) is 24.8. The van der Waals surface area contributed by atoms with Crippen molar-refractivity contribution in [2.45, 2.75) is 18.8 Å². The highest BCUT2D eigenvalue weighted by Crippen LogP contribution is 2.30. The van der Waals surface area contributed by atoms with Crippen molar-refractivity contribution in [2.75, 3.05) is 6.61 Å². The van der Waals surface area contributed by atoms with E-state index in [1.165, 1.54) is 35.6 Å². The maximum atomic E-state index is 13.4. The Bertz CT molecular complexity index is 1120. The lowest BCUT2D eigenvalue weighted by Gasteiger charge is -2.18. The van der Waals surface area contributed by atoms with E-state index in [9.17, 15) is 13.6 Å². The quantitative estimate of drug-likeness (QED) is 0.256. The Hall–Kier alpha value is -3.52. The molecule has 162 valence electrons. The molecular weight excluding hydrogens is 432 g/mol. The zero-order valence-electron chi connectivity index (χ0n) is 16.9. The summed E-state index contributed by atoms with van der Waals surface area (Å²) >= 11 is 1.27. The first-order chi connectivity index (χ1) is 15.6. The molecule has 0 fully saturated rings. The topological polar surface area (TPSA) is 65.0 Å². The third kappa shape index (κ3) is 5.39. The summed E-state index contributed by atoms with van der Waals surface area (Å²) in [5.74, 6) is -0.759. The average molecular weight is 451 g/mol. The summed E-state index contributed by atoms with van der Waals surface area (Å²) in [6.45, 7) is 0.201. The van der Waals surface area contributed by atoms with Gasteiger partial charge in [-0.05, 0) is 54.3 Å². The van der Waals surface area contributed by atoms with Gasteiger partial charge in [0.05, 0.1) is 6.61 Å². The third-order valence-electron chi connectivity index (χ3n) is 4.89. The SMILES string of the molecule is O=C(OCCCC(c1ccc(F)cc1)c1ccc(F)cc1)c1csc(-c2ncccn2)n1. The second kappa shape index (κ2) is 10.2. The molecule has 0 radical (unpaired) electrons. The standard InChI is InChI=1S/C24H19F2N3O2S/c25-18-8-4-16(5-9-18)20(17-6-10-19(26)11-7-17)3-1-14-31-24(30)21-15-32-23(29-21)22-27-12-2-13-28-22/h2,4-13,15,20H,1,3,14H2. The highest BCUT2D eigenvalue weighted by Gasteiger charge is 2.17. The number of aromatic nitrogens is 3. The highest BCUT2D eigenvalue weighted by atomic mass is 32.1. The van der Waals surface area contributed by atoms with Gasteiger partial charge in [0.2, 0.25) is 0 Å². The molecule has 2 heterocycles. The molecule has 2 aromatic heterocycles. The molecule has 0 atom stereocenters. The molecule has 0 spiro atoms. The summed E-state index contributed by atoms with van der Waals surface area (Å²) in [6, 6.07) is 14.2. The normalized spacial score (nSPS) is 11.0. The summed E-state index contributed by atoms with van der Waals surface area (Å²) in [5, 5.41) is 2.17. The molecule has 4 aromatic rings. The molecule has 0 unspecified atom stereocenters. The molecule has 0 aliphatic rings. The number of halogens is 2. The maximum Gasteiger partial charge on any atom is 0.357 e. The van der Waals surface area contributed by atoms with Crippen molar-refractivity contribution >= 4 is 17.3 Å². The number of hydrogen-bond acceptors (Lipinski definition) is 6. The van der Waals surface area contributed by atoms with Crippen LogP contribution in [0.25, 0.3) is 10.8 Å². The van der Waals surface area contributed by atoms with Crippen molar-refractivity contribution < 1.29 is 18.3 Å². The third-order valence-corrected chi connectivity index (χ3v) is 5.72. The van der Waals surface area contributed by atoms with Crippen LogP contribution in [0.15, 0.2) is 72.4 Å². The van der Waals surface area contributed by atoms with Crippen LogP contribution in [-0.2, 0) is 4.74 Å². The maximum absolute atomic E-state index is 13.4. The number of benzene rings is 2. The van der Waals surface area contributed by atoms with Gasteiger partial charge in [-0.25, -0.2) is 28.5 Å². The van der Waals surface area contributed by atoms with Crippen molar-refractivity contribution in [3.8, 4) is 10.8 Å². The molecule has 0 saturated carbocycles. The molecule has 4 rings (SSSR count). The molecule has 0 aliphatic carbocycles. The first kappa shape index (κ1) is 21.7. The molecule has 8 heteroatoms. The van der Waals surface area contributed by atoms with Gasteiger partial charge in [-0.1, -0.05) is 24.3 Å². The minimum Gasteiger partial charge on any atom is -0.461 e. The molecule has 0 bridgehead atoms. The number of rotatable bonds is 8. The van der Waals surface area contributed by atoms with Crippen LogP contribution in [0.5, 0.6) is 0 Å². The summed E-state index contributed by atoms with van der Waals surface area (Å²) < 4.78 is 32.1. The van der Waals surface area contributed by atoms with Gasteiger partial charge in [0.1, 0.15) is 11.6 Å². The van der Waals surface area contributed by atoms with E-state index in [1.54, 1.807) is 48.1 Å². The van der Waals surface area contributed by atoms with Crippen LogP contribution in [-0.4, -0.2) is 27.5 Å². The van der Waals surface area contributed by atoms with Crippen LogP contribution in [0.2, 0.25) is 0 Å². The smallest absolute Gasteiger partial charge is 0.357 e. The Labute approximate surface area is 187 Å². The predicted octanol–water partition coefficient (Wildman–Crippen LogP) is 5.65. The van der Waals surface area contributed by atoms with Crippen LogP contribution in [0.3, 0.4) is 0 Å². The number of ether oxygens (including phenoxy) is 1. The van der Waals surface area contributed by atoms with Gasteiger partial charge in [-0.15, -0.1) is 11.3 Å². The lowest BCUT2D eigenvalue weighted by Crippen LogP contribution is -2.09. The van der Waals surface area contributed by atoms with E-state index in [0.717, 1.165) is 11.1 Å². The largest absolute Gasteiger partial charge is 0.461 e. The lowest BCUT2D eigenvalue weighted by atomic mass is 9.87. The zero-order valence-corrected chi connectivity index (χ0v) is 17.8. The lowest BCUT2D eigenvalue weighted by molar-refractivity contribution is 0.0491. The molecule has 5 nitrogen and oxygen atoms in total. The fourth-order valence-corrected chi connectivity index (χ4v) is 4.06. The molecule has 0 amide bonds. The second-order valence-corrected chi connectivity index (χ2v) is 7.90. The monoisotopic (exact) mass is 451 g/mol. The highest BCUT2D eigenvalue weighted by molar-refractivity contribution is 7.13. The van der Waals surface area contributed by atoms with Crippen LogP contribution >= 0.6 is 11.3 Å². The number of thiazole rings is 1. The minimum atomic E-state index is -0.511. The van der Waals surface area contributed by atoms with Crippen LogP contribution in [0.4, 0.5) is 8.78 Å². The summed E-state index contributed by atoms with van der Waals surface area (Å²) in [5.41, 5.74) is 2.04. The van der Waals surface area contributed by atoms with Crippen molar-refractivity contribution in [1.82, 2.24) is 15.0 Å². The van der Waals surface area contributed by atoms with Crippen molar-refractivity contribution in [3.05, 3.63) is 101 Å². The fraction of sp³-hybridized carbons (Fsp3) is 0.167. The average Bonchev–Trinajstić information content (AvgIpc) is 3.32. The summed E-state index contributed by atoms with van der Waals surface area (Å²) in [7, 11) is 0. The predicted molar refractivity (Wildman–Crippen MR) is 117 cm³/mol. The van der Waals surface area contributed by atoms with Crippen LogP contribution in [0.1, 0.15) is 40.4 Å². The zero-order chi connectivity index (χ0) is 22.3. The Kier molecular flexibility index (Phi) is 6.91. The van der Waals surface area contributed by atoms with Crippen molar-refractivity contribution in [1.29, 1.82) is 0 Å². The first-order valence-corrected chi connectivity index (χ1v) is 10.9. The molecule has 0 N–H and O–H groups in total. The molecule has 0 aliphatic heterocycles. The van der Waals surface area contributed by atoms with E-state index < -0.39 is 5.97 Å². The van der Waals surface area contributed by atoms with E-state index in [1.807, 2.05) is 0 Å². The van der Waals surface area contributed by atoms with Gasteiger partial charge in [0, 0.05) is 23.7 Å². The second-order valence-electron chi connectivity index (χ2n) is 7.04. The van der Waals surface area contributed by atoms with E-state index in [0.29, 0.717) is 23.7 Å². The molecule has 32 heavy (non-hydrogen) atoms. The molecule has 2 aromatic carbocycles. The minimum absolute atomic E-state index is 0.0731.